The molecule has 0 radical (unpaired) electrons. The molecule has 2 aromatic rings. The average Bonchev–Trinajstić information content (AvgIpc) is 2.97. The second-order valence-electron chi connectivity index (χ2n) is 6.22. The predicted molar refractivity (Wildman–Crippen MR) is 114 cm³/mol. The van der Waals surface area contributed by atoms with E-state index in [0.29, 0.717) is 45.1 Å². The monoisotopic (exact) mass is 418 g/mol. The van der Waals surface area contributed by atoms with Gasteiger partial charge in [-0.2, -0.15) is 10.1 Å². The highest BCUT2D eigenvalue weighted by Crippen LogP contribution is 2.32. The van der Waals surface area contributed by atoms with Gasteiger partial charge in [0, 0.05) is 0 Å². The van der Waals surface area contributed by atoms with Crippen LogP contribution in [0.2, 0.25) is 10.0 Å². The fraction of sp³-hybridized carbons (Fsp3) is 0.238. The number of benzene rings is 2. The lowest BCUT2D eigenvalue weighted by Gasteiger charge is -2.13. The van der Waals surface area contributed by atoms with Crippen molar-refractivity contribution >= 4 is 46.6 Å². The lowest BCUT2D eigenvalue weighted by atomic mass is 10.1. The summed E-state index contributed by atoms with van der Waals surface area (Å²) in [4.78, 5) is 12.9. The van der Waals surface area contributed by atoms with Gasteiger partial charge in [-0.1, -0.05) is 36.2 Å². The second kappa shape index (κ2) is 8.67. The number of methoxy groups -OCH3 is 1. The number of rotatable bonds is 6. The molecule has 28 heavy (non-hydrogen) atoms. The van der Waals surface area contributed by atoms with Crippen molar-refractivity contribution in [1.82, 2.24) is 0 Å². The Morgan fingerprint density at radius 3 is 2.57 bits per heavy atom. The molecule has 1 aliphatic heterocycles. The smallest absolute Gasteiger partial charge is 0.280 e. The largest absolute Gasteiger partial charge is 0.493 e. The molecule has 0 atom stereocenters. The van der Waals surface area contributed by atoms with Gasteiger partial charge in [-0.25, -0.2) is 0 Å². The Labute approximate surface area is 174 Å². The van der Waals surface area contributed by atoms with E-state index < -0.39 is 0 Å². The van der Waals surface area contributed by atoms with Crippen LogP contribution in [0.15, 0.2) is 47.1 Å². The van der Waals surface area contributed by atoms with E-state index in [2.05, 4.69) is 5.10 Å². The Bertz CT molecular complexity index is 970. The van der Waals surface area contributed by atoms with Gasteiger partial charge in [0.25, 0.3) is 5.91 Å². The standard InChI is InChI=1S/C21H20Cl2N2O3/c1-4-9-28-19-8-5-14(11-20(19)27-3)10-16-13(2)24-25(21(16)26)15-6-7-17(22)18(23)12-15/h5-8,10-12H,4,9H2,1-3H3/b16-10-. The van der Waals surface area contributed by atoms with Crippen LogP contribution in [0.4, 0.5) is 5.69 Å². The Morgan fingerprint density at radius 2 is 1.89 bits per heavy atom. The predicted octanol–water partition coefficient (Wildman–Crippen LogP) is 5.60. The maximum Gasteiger partial charge on any atom is 0.280 e. The minimum Gasteiger partial charge on any atom is -0.493 e. The number of carbonyl (C=O) groups excluding carboxylic acids is 1. The number of nitrogens with zero attached hydrogens (tertiary/aromatic N) is 2. The first-order valence-corrected chi connectivity index (χ1v) is 9.57. The normalized spacial score (nSPS) is 15.2. The molecule has 0 N–H and O–H groups in total. The molecule has 0 aliphatic carbocycles. The number of hydrogen-bond donors (Lipinski definition) is 0. The van der Waals surface area contributed by atoms with Gasteiger partial charge in [-0.3, -0.25) is 4.79 Å². The zero-order valence-electron chi connectivity index (χ0n) is 15.8. The summed E-state index contributed by atoms with van der Waals surface area (Å²) in [5.74, 6) is 1.05. The van der Waals surface area contributed by atoms with Gasteiger partial charge in [0.05, 0.1) is 40.7 Å². The summed E-state index contributed by atoms with van der Waals surface area (Å²) in [6, 6.07) is 10.5. The highest BCUT2D eigenvalue weighted by atomic mass is 35.5. The summed E-state index contributed by atoms with van der Waals surface area (Å²) >= 11 is 12.0. The molecule has 0 saturated heterocycles. The summed E-state index contributed by atoms with van der Waals surface area (Å²) in [6.07, 6.45) is 2.69. The van der Waals surface area contributed by atoms with E-state index in [9.17, 15) is 4.79 Å². The average molecular weight is 419 g/mol. The van der Waals surface area contributed by atoms with Crippen molar-refractivity contribution in [2.75, 3.05) is 18.7 Å². The Morgan fingerprint density at radius 1 is 1.11 bits per heavy atom. The van der Waals surface area contributed by atoms with Crippen LogP contribution in [0.1, 0.15) is 25.8 Å². The van der Waals surface area contributed by atoms with Crippen molar-refractivity contribution in [3.63, 3.8) is 0 Å². The van der Waals surface area contributed by atoms with Crippen LogP contribution in [0.3, 0.4) is 0 Å². The molecule has 146 valence electrons. The first-order valence-electron chi connectivity index (χ1n) is 8.82. The van der Waals surface area contributed by atoms with Crippen LogP contribution < -0.4 is 14.5 Å². The number of ether oxygens (including phenoxy) is 2. The Balaban J connectivity index is 1.89. The van der Waals surface area contributed by atoms with E-state index in [4.69, 9.17) is 32.7 Å². The van der Waals surface area contributed by atoms with Crippen LogP contribution in [0.5, 0.6) is 11.5 Å². The molecule has 7 heteroatoms. The summed E-state index contributed by atoms with van der Waals surface area (Å²) in [7, 11) is 1.59. The lowest BCUT2D eigenvalue weighted by molar-refractivity contribution is -0.114. The Kier molecular flexibility index (Phi) is 6.27. The van der Waals surface area contributed by atoms with Crippen molar-refractivity contribution < 1.29 is 14.3 Å². The maximum atomic E-state index is 12.9. The van der Waals surface area contributed by atoms with E-state index >= 15 is 0 Å². The van der Waals surface area contributed by atoms with E-state index in [1.54, 1.807) is 38.3 Å². The minimum atomic E-state index is -0.235. The van der Waals surface area contributed by atoms with Crippen molar-refractivity contribution in [3.8, 4) is 11.5 Å². The zero-order chi connectivity index (χ0) is 20.3. The molecule has 1 amide bonds. The molecule has 0 unspecified atom stereocenters. The van der Waals surface area contributed by atoms with Gasteiger partial charge < -0.3 is 9.47 Å². The molecule has 0 spiro atoms. The third-order valence-corrected chi connectivity index (χ3v) is 4.91. The summed E-state index contributed by atoms with van der Waals surface area (Å²) in [5, 5.41) is 6.47. The van der Waals surface area contributed by atoms with E-state index in [1.165, 1.54) is 5.01 Å². The first-order chi connectivity index (χ1) is 13.4. The van der Waals surface area contributed by atoms with Crippen molar-refractivity contribution in [3.05, 3.63) is 57.6 Å². The number of amides is 1. The van der Waals surface area contributed by atoms with E-state index in [-0.39, 0.29) is 5.91 Å². The molecule has 2 aromatic carbocycles. The van der Waals surface area contributed by atoms with Gasteiger partial charge in [-0.15, -0.1) is 0 Å². The van der Waals surface area contributed by atoms with E-state index in [0.717, 1.165) is 12.0 Å². The fourth-order valence-electron chi connectivity index (χ4n) is 2.75. The third-order valence-electron chi connectivity index (χ3n) is 4.17. The highest BCUT2D eigenvalue weighted by molar-refractivity contribution is 6.42. The van der Waals surface area contributed by atoms with Gasteiger partial charge >= 0.3 is 0 Å². The summed E-state index contributed by atoms with van der Waals surface area (Å²) < 4.78 is 11.1. The van der Waals surface area contributed by atoms with Crippen molar-refractivity contribution in [1.29, 1.82) is 0 Å². The first kappa shape index (κ1) is 20.2. The number of halogens is 2. The van der Waals surface area contributed by atoms with Crippen molar-refractivity contribution in [2.24, 2.45) is 5.10 Å². The quantitative estimate of drug-likeness (QED) is 0.573. The summed E-state index contributed by atoms with van der Waals surface area (Å²) in [6.45, 7) is 4.44. The topological polar surface area (TPSA) is 51.1 Å². The SMILES string of the molecule is CCCOc1ccc(/C=C2\C(=O)N(c3ccc(Cl)c(Cl)c3)N=C2C)cc1OC. The number of carbonyl (C=O) groups is 1. The van der Waals surface area contributed by atoms with Gasteiger partial charge in [-0.05, 0) is 55.3 Å². The molecule has 0 aromatic heterocycles. The second-order valence-corrected chi connectivity index (χ2v) is 7.03. The summed E-state index contributed by atoms with van der Waals surface area (Å²) in [5.41, 5.74) is 2.48. The molecule has 3 rings (SSSR count). The van der Waals surface area contributed by atoms with Crippen molar-refractivity contribution in [2.45, 2.75) is 20.3 Å². The number of anilines is 1. The molecule has 5 nitrogen and oxygen atoms in total. The molecule has 0 fully saturated rings. The molecule has 0 saturated carbocycles. The third kappa shape index (κ3) is 4.16. The molecule has 1 heterocycles. The van der Waals surface area contributed by atoms with Crippen LogP contribution >= 0.6 is 23.2 Å². The van der Waals surface area contributed by atoms with Gasteiger partial charge in [0.1, 0.15) is 0 Å². The van der Waals surface area contributed by atoms with Gasteiger partial charge in [0.2, 0.25) is 0 Å². The fourth-order valence-corrected chi connectivity index (χ4v) is 3.04. The molecule has 0 bridgehead atoms. The van der Waals surface area contributed by atoms with Crippen LogP contribution in [-0.2, 0) is 4.79 Å². The molecular weight excluding hydrogens is 399 g/mol. The molecular formula is C21H20Cl2N2O3. The molecule has 1 aliphatic rings. The zero-order valence-corrected chi connectivity index (χ0v) is 17.3. The van der Waals surface area contributed by atoms with Gasteiger partial charge in [0.15, 0.2) is 11.5 Å². The minimum absolute atomic E-state index is 0.235. The highest BCUT2D eigenvalue weighted by Gasteiger charge is 2.29. The number of hydrazone groups is 1. The lowest BCUT2D eigenvalue weighted by Crippen LogP contribution is -2.21. The van der Waals surface area contributed by atoms with Crippen LogP contribution in [-0.4, -0.2) is 25.3 Å². The van der Waals surface area contributed by atoms with Crippen LogP contribution in [0, 0.1) is 0 Å². The number of hydrogen-bond acceptors (Lipinski definition) is 4. The maximum absolute atomic E-state index is 12.9. The van der Waals surface area contributed by atoms with E-state index in [1.807, 2.05) is 25.1 Å². The Hall–Kier alpha value is -2.50. The van der Waals surface area contributed by atoms with Crippen LogP contribution in [0.25, 0.3) is 6.08 Å².